The summed E-state index contributed by atoms with van der Waals surface area (Å²) in [5.74, 6) is -0.846. The maximum atomic E-state index is 12.6. The summed E-state index contributed by atoms with van der Waals surface area (Å²) >= 11 is 0. The molecule has 3 N–H and O–H groups in total. The van der Waals surface area contributed by atoms with Gasteiger partial charge in [0.05, 0.1) is 25.4 Å². The quantitative estimate of drug-likeness (QED) is 0.251. The van der Waals surface area contributed by atoms with Gasteiger partial charge in [-0.3, -0.25) is 14.5 Å². The number of aliphatic hydroxyl groups excluding tert-OH is 1. The number of benzene rings is 2. The number of likely N-dealkylation sites (tertiary alicyclic amines) is 1. The zero-order chi connectivity index (χ0) is 29.0. The SMILES string of the molecule is COC[C@@H]1CCCN1C[C@H]1C[C@@H](c2ccc(CO)cc2)O[C@@H](c2cccc(NC(=O)CCCCCCC(=O)O)c2)O1. The minimum absolute atomic E-state index is 0.000746. The van der Waals surface area contributed by atoms with E-state index in [2.05, 4.69) is 10.2 Å². The maximum absolute atomic E-state index is 12.6. The minimum atomic E-state index is -0.780. The van der Waals surface area contributed by atoms with Gasteiger partial charge in [-0.15, -0.1) is 0 Å². The number of unbranched alkanes of at least 4 members (excludes halogenated alkanes) is 3. The number of aliphatic carboxylic acids is 1. The van der Waals surface area contributed by atoms with Crippen LogP contribution in [0.15, 0.2) is 48.5 Å². The second kappa shape index (κ2) is 16.0. The number of methoxy groups -OCH3 is 1. The van der Waals surface area contributed by atoms with Gasteiger partial charge in [0.15, 0.2) is 6.29 Å². The first-order chi connectivity index (χ1) is 19.9. The van der Waals surface area contributed by atoms with E-state index in [9.17, 15) is 14.7 Å². The summed E-state index contributed by atoms with van der Waals surface area (Å²) < 4.78 is 18.5. The highest BCUT2D eigenvalue weighted by Gasteiger charge is 2.35. The van der Waals surface area contributed by atoms with Crippen LogP contribution in [0.4, 0.5) is 5.69 Å². The molecule has 2 heterocycles. The van der Waals surface area contributed by atoms with Gasteiger partial charge in [-0.05, 0) is 55.5 Å². The van der Waals surface area contributed by atoms with E-state index in [0.29, 0.717) is 37.6 Å². The van der Waals surface area contributed by atoms with Crippen molar-refractivity contribution in [3.63, 3.8) is 0 Å². The molecule has 0 unspecified atom stereocenters. The highest BCUT2D eigenvalue weighted by molar-refractivity contribution is 5.90. The summed E-state index contributed by atoms with van der Waals surface area (Å²) in [6.07, 6.45) is 5.73. The van der Waals surface area contributed by atoms with Gasteiger partial charge in [0.25, 0.3) is 0 Å². The zero-order valence-electron chi connectivity index (χ0n) is 24.0. The molecule has 2 aromatic carbocycles. The number of nitrogens with zero attached hydrogens (tertiary/aromatic N) is 1. The van der Waals surface area contributed by atoms with Crippen LogP contribution in [-0.4, -0.2) is 65.9 Å². The number of aliphatic hydroxyl groups is 1. The molecule has 2 aliphatic rings. The lowest BCUT2D eigenvalue weighted by Gasteiger charge is -2.39. The van der Waals surface area contributed by atoms with Gasteiger partial charge < -0.3 is 29.7 Å². The Morgan fingerprint density at radius 2 is 1.80 bits per heavy atom. The van der Waals surface area contributed by atoms with Crippen molar-refractivity contribution in [1.29, 1.82) is 0 Å². The minimum Gasteiger partial charge on any atom is -0.481 e. The lowest BCUT2D eigenvalue weighted by Crippen LogP contribution is -2.42. The number of carboxylic acids is 1. The number of hydrogen-bond donors (Lipinski definition) is 3. The Bertz CT molecular complexity index is 1110. The average Bonchev–Trinajstić information content (AvgIpc) is 3.41. The number of carbonyl (C=O) groups is 2. The van der Waals surface area contributed by atoms with Crippen LogP contribution in [0.3, 0.4) is 0 Å². The first-order valence-electron chi connectivity index (χ1n) is 14.8. The summed E-state index contributed by atoms with van der Waals surface area (Å²) in [6.45, 7) is 2.53. The third-order valence-electron chi connectivity index (χ3n) is 7.90. The number of anilines is 1. The van der Waals surface area contributed by atoms with Crippen LogP contribution in [0.25, 0.3) is 0 Å². The Kier molecular flexibility index (Phi) is 12.1. The summed E-state index contributed by atoms with van der Waals surface area (Å²) in [5, 5.41) is 21.2. The van der Waals surface area contributed by atoms with Crippen molar-refractivity contribution in [1.82, 2.24) is 4.90 Å². The zero-order valence-corrected chi connectivity index (χ0v) is 24.0. The molecule has 41 heavy (non-hydrogen) atoms. The molecule has 2 aliphatic heterocycles. The molecule has 2 fully saturated rings. The fraction of sp³-hybridized carbons (Fsp3) is 0.562. The number of hydrogen-bond acceptors (Lipinski definition) is 7. The Morgan fingerprint density at radius 3 is 2.54 bits per heavy atom. The highest BCUT2D eigenvalue weighted by Crippen LogP contribution is 2.39. The normalized spacial score (nSPS) is 23.0. The van der Waals surface area contributed by atoms with Crippen molar-refractivity contribution in [3.8, 4) is 0 Å². The maximum Gasteiger partial charge on any atom is 0.303 e. The predicted molar refractivity (Wildman–Crippen MR) is 155 cm³/mol. The summed E-state index contributed by atoms with van der Waals surface area (Å²) in [6, 6.07) is 15.9. The third-order valence-corrected chi connectivity index (χ3v) is 7.90. The van der Waals surface area contributed by atoms with Crippen molar-refractivity contribution in [3.05, 3.63) is 65.2 Å². The van der Waals surface area contributed by atoms with Crippen LogP contribution >= 0.6 is 0 Å². The number of carboxylic acid groups (broad SMARTS) is 1. The molecule has 4 atom stereocenters. The fourth-order valence-corrected chi connectivity index (χ4v) is 5.71. The van der Waals surface area contributed by atoms with E-state index in [4.69, 9.17) is 19.3 Å². The van der Waals surface area contributed by atoms with Gasteiger partial charge in [-0.1, -0.05) is 49.2 Å². The lowest BCUT2D eigenvalue weighted by atomic mass is 9.99. The van der Waals surface area contributed by atoms with Gasteiger partial charge in [0.2, 0.25) is 5.91 Å². The molecule has 224 valence electrons. The first kappa shape index (κ1) is 31.1. The Hall–Kier alpha value is -2.82. The van der Waals surface area contributed by atoms with E-state index in [1.807, 2.05) is 48.5 Å². The van der Waals surface area contributed by atoms with E-state index in [-0.39, 0.29) is 31.1 Å². The molecule has 2 aromatic rings. The van der Waals surface area contributed by atoms with Gasteiger partial charge in [-0.2, -0.15) is 0 Å². The van der Waals surface area contributed by atoms with Gasteiger partial charge in [0, 0.05) is 50.2 Å². The lowest BCUT2D eigenvalue weighted by molar-refractivity contribution is -0.253. The van der Waals surface area contributed by atoms with E-state index in [0.717, 1.165) is 61.9 Å². The topological polar surface area (TPSA) is 118 Å². The van der Waals surface area contributed by atoms with E-state index < -0.39 is 12.3 Å². The van der Waals surface area contributed by atoms with Gasteiger partial charge in [-0.25, -0.2) is 0 Å². The van der Waals surface area contributed by atoms with Crippen molar-refractivity contribution < 1.29 is 34.0 Å². The van der Waals surface area contributed by atoms with Crippen molar-refractivity contribution in [2.45, 2.75) is 88.9 Å². The Balaban J connectivity index is 1.41. The summed E-state index contributed by atoms with van der Waals surface area (Å²) in [4.78, 5) is 25.7. The molecule has 0 bridgehead atoms. The summed E-state index contributed by atoms with van der Waals surface area (Å²) in [7, 11) is 1.75. The predicted octanol–water partition coefficient (Wildman–Crippen LogP) is 5.20. The molecule has 0 spiro atoms. The van der Waals surface area contributed by atoms with Crippen LogP contribution in [0, 0.1) is 0 Å². The van der Waals surface area contributed by atoms with Crippen molar-refractivity contribution in [2.24, 2.45) is 0 Å². The molecule has 9 nitrogen and oxygen atoms in total. The second-order valence-electron chi connectivity index (χ2n) is 11.1. The van der Waals surface area contributed by atoms with Gasteiger partial charge in [0.1, 0.15) is 0 Å². The smallest absolute Gasteiger partial charge is 0.303 e. The van der Waals surface area contributed by atoms with Crippen LogP contribution in [0.1, 0.15) is 86.9 Å². The number of nitrogens with one attached hydrogen (secondary N) is 1. The van der Waals surface area contributed by atoms with Crippen molar-refractivity contribution >= 4 is 17.6 Å². The van der Waals surface area contributed by atoms with Crippen LogP contribution in [-0.2, 0) is 30.4 Å². The van der Waals surface area contributed by atoms with Gasteiger partial charge >= 0.3 is 5.97 Å². The van der Waals surface area contributed by atoms with Crippen LogP contribution < -0.4 is 5.32 Å². The molecule has 2 saturated heterocycles. The van der Waals surface area contributed by atoms with E-state index in [1.165, 1.54) is 0 Å². The molecule has 4 rings (SSSR count). The van der Waals surface area contributed by atoms with E-state index >= 15 is 0 Å². The van der Waals surface area contributed by atoms with Crippen LogP contribution in [0.5, 0.6) is 0 Å². The third kappa shape index (κ3) is 9.61. The number of carbonyl (C=O) groups excluding carboxylic acids is 1. The van der Waals surface area contributed by atoms with Crippen molar-refractivity contribution in [2.75, 3.05) is 32.1 Å². The molecule has 0 aromatic heterocycles. The summed E-state index contributed by atoms with van der Waals surface area (Å²) in [5.41, 5.74) is 3.43. The average molecular weight is 569 g/mol. The Morgan fingerprint density at radius 1 is 1.02 bits per heavy atom. The molecule has 9 heteroatoms. The fourth-order valence-electron chi connectivity index (χ4n) is 5.71. The number of rotatable bonds is 15. The van der Waals surface area contributed by atoms with Crippen LogP contribution in [0.2, 0.25) is 0 Å². The molecule has 1 amide bonds. The second-order valence-corrected chi connectivity index (χ2v) is 11.1. The molecule has 0 radical (unpaired) electrons. The first-order valence-corrected chi connectivity index (χ1v) is 14.8. The standard InChI is InChI=1S/C32H44N2O7/c1-39-22-27-10-7-17-34(27)20-28-19-29(24-15-13-23(21-35)14-16-24)41-32(40-28)25-8-6-9-26(18-25)33-30(36)11-4-2-3-5-12-31(37)38/h6,8-9,13-16,18,27-29,32,35H,2-5,7,10-12,17,19-22H2,1H3,(H,33,36)(H,37,38)/t27-,28+,29-,32-/m0/s1. The number of amides is 1. The largest absolute Gasteiger partial charge is 0.481 e. The monoisotopic (exact) mass is 568 g/mol. The molecular weight excluding hydrogens is 524 g/mol. The number of ether oxygens (including phenoxy) is 3. The molecule has 0 saturated carbocycles. The highest BCUT2D eigenvalue weighted by atomic mass is 16.7. The molecule has 0 aliphatic carbocycles. The Labute approximate surface area is 242 Å². The molecular formula is C32H44N2O7. The van der Waals surface area contributed by atoms with E-state index in [1.54, 1.807) is 7.11 Å².